The number of hydrogen-bond acceptors (Lipinski definition) is 6. The van der Waals surface area contributed by atoms with Crippen molar-refractivity contribution in [3.8, 4) is 0 Å². The summed E-state index contributed by atoms with van der Waals surface area (Å²) in [5.74, 6) is -0.0958. The molecule has 8 nitrogen and oxygen atoms in total. The molecule has 0 saturated heterocycles. The van der Waals surface area contributed by atoms with E-state index in [-0.39, 0.29) is 35.4 Å². The Morgan fingerprint density at radius 3 is 2.48 bits per heavy atom. The van der Waals surface area contributed by atoms with Gasteiger partial charge in [0.2, 0.25) is 0 Å². The number of rotatable bonds is 6. The maximum atomic E-state index is 13.6. The van der Waals surface area contributed by atoms with Gasteiger partial charge in [-0.1, -0.05) is 66.8 Å². The summed E-state index contributed by atoms with van der Waals surface area (Å²) in [5.41, 5.74) is 2.49. The number of fused-ring (bicyclic) bond motifs is 2. The number of hydrogen-bond donors (Lipinski definition) is 3. The van der Waals surface area contributed by atoms with Crippen molar-refractivity contribution >= 4 is 28.0 Å². The number of allylic oxidation sites excluding steroid dienone is 2. The lowest BCUT2D eigenvalue weighted by Crippen LogP contribution is -2.44. The Balaban J connectivity index is 1.15. The summed E-state index contributed by atoms with van der Waals surface area (Å²) in [7, 11) is 0. The van der Waals surface area contributed by atoms with Crippen LogP contribution in [0.5, 0.6) is 0 Å². The second kappa shape index (κ2) is 10.5. The Hall–Kier alpha value is -4.04. The van der Waals surface area contributed by atoms with Gasteiger partial charge in [-0.05, 0) is 56.7 Å². The summed E-state index contributed by atoms with van der Waals surface area (Å²) in [6.07, 6.45) is 9.70. The van der Waals surface area contributed by atoms with Crippen LogP contribution in [0.15, 0.2) is 82.7 Å². The Labute approximate surface area is 233 Å². The SMILES string of the molecule is CC(C)(O)CN1N=C(C(=O)N[C@H]2CC[C@H](c3n[nH]c(=O)c4ccccc43)CC2)C2C=CC(c3ccccc3)=CC21. The van der Waals surface area contributed by atoms with E-state index in [0.717, 1.165) is 47.9 Å². The quantitative estimate of drug-likeness (QED) is 0.438. The number of hydrazone groups is 1. The van der Waals surface area contributed by atoms with Gasteiger partial charge in [0.25, 0.3) is 11.5 Å². The number of carbonyl (C=O) groups excluding carboxylic acids is 1. The molecule has 8 heteroatoms. The number of nitrogens with one attached hydrogen (secondary N) is 2. The largest absolute Gasteiger partial charge is 0.389 e. The van der Waals surface area contributed by atoms with Crippen LogP contribution in [0.3, 0.4) is 0 Å². The average molecular weight is 538 g/mol. The molecular formula is C32H35N5O3. The first-order valence-electron chi connectivity index (χ1n) is 14.1. The summed E-state index contributed by atoms with van der Waals surface area (Å²) in [5, 5.41) is 29.1. The molecule has 1 fully saturated rings. The molecule has 3 N–H and O–H groups in total. The molecule has 6 rings (SSSR count). The van der Waals surface area contributed by atoms with Gasteiger partial charge >= 0.3 is 0 Å². The van der Waals surface area contributed by atoms with Crippen molar-refractivity contribution in [1.82, 2.24) is 20.5 Å². The van der Waals surface area contributed by atoms with Crippen LogP contribution in [-0.4, -0.2) is 56.2 Å². The van der Waals surface area contributed by atoms with Crippen LogP contribution in [0.25, 0.3) is 16.3 Å². The van der Waals surface area contributed by atoms with E-state index in [0.29, 0.717) is 17.6 Å². The first-order chi connectivity index (χ1) is 19.3. The van der Waals surface area contributed by atoms with Crippen molar-refractivity contribution in [3.63, 3.8) is 0 Å². The highest BCUT2D eigenvalue weighted by Gasteiger charge is 2.41. The molecule has 3 aromatic rings. The van der Waals surface area contributed by atoms with Crippen molar-refractivity contribution < 1.29 is 9.90 Å². The Kier molecular flexibility index (Phi) is 6.88. The number of aromatic amines is 1. The van der Waals surface area contributed by atoms with E-state index in [1.54, 1.807) is 13.8 Å². The van der Waals surface area contributed by atoms with E-state index in [2.05, 4.69) is 45.9 Å². The summed E-state index contributed by atoms with van der Waals surface area (Å²) >= 11 is 0. The zero-order valence-corrected chi connectivity index (χ0v) is 22.9. The number of nitrogens with zero attached hydrogens (tertiary/aromatic N) is 3. The molecule has 2 aromatic carbocycles. The Bertz CT molecular complexity index is 1560. The van der Waals surface area contributed by atoms with Crippen LogP contribution >= 0.6 is 0 Å². The summed E-state index contributed by atoms with van der Waals surface area (Å²) < 4.78 is 0. The van der Waals surface area contributed by atoms with Gasteiger partial charge in [-0.25, -0.2) is 5.10 Å². The summed E-state index contributed by atoms with van der Waals surface area (Å²) in [6.45, 7) is 3.84. The first-order valence-corrected chi connectivity index (χ1v) is 14.1. The smallest absolute Gasteiger partial charge is 0.272 e. The molecular weight excluding hydrogens is 502 g/mol. The number of aliphatic hydroxyl groups is 1. The van der Waals surface area contributed by atoms with E-state index in [9.17, 15) is 14.7 Å². The predicted octanol–water partition coefficient (Wildman–Crippen LogP) is 4.15. The van der Waals surface area contributed by atoms with Crippen LogP contribution in [-0.2, 0) is 4.79 Å². The normalized spacial score (nSPS) is 24.4. The van der Waals surface area contributed by atoms with Gasteiger partial charge in [0, 0.05) is 17.3 Å². The molecule has 1 amide bonds. The standard InChI is InChI=1S/C32H35N5O3/c1-32(2,40)19-37-27-18-22(20-8-4-3-5-9-20)14-17-26(27)29(36-37)31(39)33-23-15-12-21(13-16-23)28-24-10-6-7-11-25(24)30(38)35-34-28/h3-11,14,17-18,21,23,26-27,40H,12-13,15-16,19H2,1-2H3,(H,33,39)(H,35,38)/t21-,23-,26?,27?. The molecule has 1 saturated carbocycles. The van der Waals surface area contributed by atoms with E-state index in [1.165, 1.54) is 0 Å². The van der Waals surface area contributed by atoms with Gasteiger partial charge in [-0.2, -0.15) is 10.2 Å². The average Bonchev–Trinajstić information content (AvgIpc) is 3.31. The number of H-pyrrole nitrogens is 1. The van der Waals surface area contributed by atoms with E-state index >= 15 is 0 Å². The molecule has 0 radical (unpaired) electrons. The molecule has 2 unspecified atom stereocenters. The maximum absolute atomic E-state index is 13.6. The van der Waals surface area contributed by atoms with Crippen LogP contribution in [0, 0.1) is 5.92 Å². The summed E-state index contributed by atoms with van der Waals surface area (Å²) in [4.78, 5) is 25.8. The fourth-order valence-corrected chi connectivity index (χ4v) is 6.24. The van der Waals surface area contributed by atoms with E-state index in [4.69, 9.17) is 5.10 Å². The highest BCUT2D eigenvalue weighted by Crippen LogP contribution is 2.36. The van der Waals surface area contributed by atoms with Crippen LogP contribution in [0.4, 0.5) is 0 Å². The lowest BCUT2D eigenvalue weighted by atomic mass is 9.82. The molecule has 206 valence electrons. The van der Waals surface area contributed by atoms with Crippen molar-refractivity contribution in [3.05, 3.63) is 94.4 Å². The minimum atomic E-state index is -0.958. The van der Waals surface area contributed by atoms with E-state index < -0.39 is 5.60 Å². The van der Waals surface area contributed by atoms with Gasteiger partial charge < -0.3 is 10.4 Å². The van der Waals surface area contributed by atoms with Gasteiger partial charge in [-0.15, -0.1) is 0 Å². The fourth-order valence-electron chi connectivity index (χ4n) is 6.24. The molecule has 0 spiro atoms. The van der Waals surface area contributed by atoms with Crippen molar-refractivity contribution in [2.45, 2.75) is 63.1 Å². The molecule has 40 heavy (non-hydrogen) atoms. The number of β-amino-alcohol motifs (C(OH)–C–C–N with tert-alkyl or cyclic N) is 1. The number of carbonyl (C=O) groups is 1. The second-order valence-corrected chi connectivity index (χ2v) is 11.8. The lowest BCUT2D eigenvalue weighted by Gasteiger charge is -2.31. The molecule has 1 aliphatic heterocycles. The van der Waals surface area contributed by atoms with Crippen LogP contribution < -0.4 is 10.9 Å². The zero-order valence-electron chi connectivity index (χ0n) is 22.9. The van der Waals surface area contributed by atoms with Crippen molar-refractivity contribution in [1.29, 1.82) is 0 Å². The van der Waals surface area contributed by atoms with Crippen molar-refractivity contribution in [2.24, 2.45) is 11.0 Å². The third kappa shape index (κ3) is 5.23. The zero-order chi connectivity index (χ0) is 27.9. The van der Waals surface area contributed by atoms with Gasteiger partial charge in [0.05, 0.1) is 35.2 Å². The van der Waals surface area contributed by atoms with E-state index in [1.807, 2.05) is 47.5 Å². The topological polar surface area (TPSA) is 111 Å². The fraction of sp³-hybridized carbons (Fsp3) is 0.375. The third-order valence-corrected chi connectivity index (χ3v) is 8.16. The molecule has 1 aromatic heterocycles. The highest BCUT2D eigenvalue weighted by molar-refractivity contribution is 6.40. The second-order valence-electron chi connectivity index (χ2n) is 11.8. The van der Waals surface area contributed by atoms with Crippen LogP contribution in [0.1, 0.15) is 56.7 Å². The number of aromatic nitrogens is 2. The highest BCUT2D eigenvalue weighted by atomic mass is 16.3. The van der Waals surface area contributed by atoms with Gasteiger partial charge in [0.15, 0.2) is 0 Å². The molecule has 3 aliphatic rings. The molecule has 0 bridgehead atoms. The lowest BCUT2D eigenvalue weighted by molar-refractivity contribution is -0.115. The number of benzene rings is 2. The summed E-state index contributed by atoms with van der Waals surface area (Å²) in [6, 6.07) is 17.7. The molecule has 2 aliphatic carbocycles. The van der Waals surface area contributed by atoms with Crippen molar-refractivity contribution in [2.75, 3.05) is 6.54 Å². The Morgan fingerprint density at radius 1 is 1.05 bits per heavy atom. The monoisotopic (exact) mass is 537 g/mol. The van der Waals surface area contributed by atoms with Crippen LogP contribution in [0.2, 0.25) is 0 Å². The van der Waals surface area contributed by atoms with Gasteiger partial charge in [-0.3, -0.25) is 14.6 Å². The molecule has 2 heterocycles. The number of amides is 1. The third-order valence-electron chi connectivity index (χ3n) is 8.16. The predicted molar refractivity (Wildman–Crippen MR) is 157 cm³/mol. The Morgan fingerprint density at radius 2 is 1.75 bits per heavy atom. The minimum Gasteiger partial charge on any atom is -0.389 e. The maximum Gasteiger partial charge on any atom is 0.272 e. The molecule has 2 atom stereocenters. The minimum absolute atomic E-state index is 0.0465. The van der Waals surface area contributed by atoms with Gasteiger partial charge in [0.1, 0.15) is 5.71 Å². The first kappa shape index (κ1) is 26.2.